The van der Waals surface area contributed by atoms with Crippen LogP contribution in [0, 0.1) is 13.8 Å². The van der Waals surface area contributed by atoms with Gasteiger partial charge >= 0.3 is 0 Å². The molecule has 4 rings (SSSR count). The number of hydrogen-bond acceptors (Lipinski definition) is 4. The van der Waals surface area contributed by atoms with Crippen molar-refractivity contribution in [1.82, 2.24) is 29.7 Å². The Kier molecular flexibility index (Phi) is 3.96. The molecule has 0 aliphatic carbocycles. The quantitative estimate of drug-likeness (QED) is 0.616. The van der Waals surface area contributed by atoms with E-state index in [0.29, 0.717) is 17.9 Å². The minimum atomic E-state index is -0.234. The second kappa shape index (κ2) is 6.44. The lowest BCUT2D eigenvalue weighted by molar-refractivity contribution is 0.0945. The van der Waals surface area contributed by atoms with Crippen LogP contribution in [0.1, 0.15) is 27.4 Å². The van der Waals surface area contributed by atoms with E-state index in [1.807, 2.05) is 48.9 Å². The zero-order chi connectivity index (χ0) is 18.1. The zero-order valence-electron chi connectivity index (χ0n) is 14.5. The van der Waals surface area contributed by atoms with Crippen molar-refractivity contribution in [2.75, 3.05) is 0 Å². The molecule has 0 fully saturated rings. The molecule has 0 spiro atoms. The Morgan fingerprint density at radius 2 is 1.92 bits per heavy atom. The Morgan fingerprint density at radius 3 is 2.69 bits per heavy atom. The van der Waals surface area contributed by atoms with Crippen LogP contribution in [0.25, 0.3) is 11.3 Å². The minimum Gasteiger partial charge on any atom is -0.346 e. The molecule has 1 aromatic carbocycles. The maximum absolute atomic E-state index is 12.4. The summed E-state index contributed by atoms with van der Waals surface area (Å²) in [5.41, 5.74) is 4.88. The number of rotatable bonds is 4. The van der Waals surface area contributed by atoms with Gasteiger partial charge in [0.05, 0.1) is 11.4 Å². The van der Waals surface area contributed by atoms with Crippen LogP contribution in [0.3, 0.4) is 0 Å². The van der Waals surface area contributed by atoms with E-state index in [-0.39, 0.29) is 5.91 Å². The SMILES string of the molecule is Cc1nn(-c2ccccc2)c(C)c1CNC(=O)c1cc2ncccn2n1. The van der Waals surface area contributed by atoms with E-state index in [9.17, 15) is 4.79 Å². The number of nitrogens with one attached hydrogen (secondary N) is 1. The van der Waals surface area contributed by atoms with Crippen LogP contribution < -0.4 is 5.32 Å². The molecule has 0 aliphatic rings. The molecule has 1 amide bonds. The molecule has 26 heavy (non-hydrogen) atoms. The van der Waals surface area contributed by atoms with E-state index in [0.717, 1.165) is 22.6 Å². The fourth-order valence-electron chi connectivity index (χ4n) is 2.95. The first kappa shape index (κ1) is 16.0. The molecule has 7 nitrogen and oxygen atoms in total. The Balaban J connectivity index is 1.54. The molecular weight excluding hydrogens is 328 g/mol. The molecule has 0 saturated heterocycles. The van der Waals surface area contributed by atoms with Crippen molar-refractivity contribution in [3.63, 3.8) is 0 Å². The number of hydrogen-bond donors (Lipinski definition) is 1. The van der Waals surface area contributed by atoms with Crippen molar-refractivity contribution in [3.05, 3.63) is 77.5 Å². The smallest absolute Gasteiger partial charge is 0.272 e. The lowest BCUT2D eigenvalue weighted by Gasteiger charge is -2.06. The van der Waals surface area contributed by atoms with Gasteiger partial charge in [0.25, 0.3) is 5.91 Å². The monoisotopic (exact) mass is 346 g/mol. The summed E-state index contributed by atoms with van der Waals surface area (Å²) in [5.74, 6) is -0.234. The molecule has 7 heteroatoms. The summed E-state index contributed by atoms with van der Waals surface area (Å²) in [4.78, 5) is 16.6. The number of aryl methyl sites for hydroxylation is 1. The number of nitrogens with zero attached hydrogens (tertiary/aromatic N) is 5. The van der Waals surface area contributed by atoms with Gasteiger partial charge in [0.15, 0.2) is 11.3 Å². The summed E-state index contributed by atoms with van der Waals surface area (Å²) in [6.07, 6.45) is 3.43. The second-order valence-electron chi connectivity index (χ2n) is 6.03. The predicted octanol–water partition coefficient (Wildman–Crippen LogP) is 2.46. The number of carbonyl (C=O) groups excluding carboxylic acids is 1. The third-order valence-corrected chi connectivity index (χ3v) is 4.34. The fraction of sp³-hybridized carbons (Fsp3) is 0.158. The van der Waals surface area contributed by atoms with Crippen LogP contribution in [-0.4, -0.2) is 30.3 Å². The highest BCUT2D eigenvalue weighted by Gasteiger charge is 2.16. The van der Waals surface area contributed by atoms with Gasteiger partial charge < -0.3 is 5.32 Å². The summed E-state index contributed by atoms with van der Waals surface area (Å²) in [5, 5.41) is 11.8. The fourth-order valence-corrected chi connectivity index (χ4v) is 2.95. The van der Waals surface area contributed by atoms with Gasteiger partial charge in [0, 0.05) is 36.3 Å². The number of para-hydroxylation sites is 1. The molecule has 130 valence electrons. The van der Waals surface area contributed by atoms with Crippen molar-refractivity contribution in [2.45, 2.75) is 20.4 Å². The largest absolute Gasteiger partial charge is 0.346 e. The normalized spacial score (nSPS) is 11.0. The van der Waals surface area contributed by atoms with E-state index in [1.165, 1.54) is 0 Å². The van der Waals surface area contributed by atoms with Gasteiger partial charge in [-0.3, -0.25) is 4.79 Å². The van der Waals surface area contributed by atoms with Crippen molar-refractivity contribution >= 4 is 11.6 Å². The first-order chi connectivity index (χ1) is 12.6. The molecule has 1 N–H and O–H groups in total. The summed E-state index contributed by atoms with van der Waals surface area (Å²) >= 11 is 0. The summed E-state index contributed by atoms with van der Waals surface area (Å²) in [6, 6.07) is 13.4. The lowest BCUT2D eigenvalue weighted by atomic mass is 10.2. The topological polar surface area (TPSA) is 77.1 Å². The van der Waals surface area contributed by atoms with Gasteiger partial charge in [-0.1, -0.05) is 18.2 Å². The number of amides is 1. The number of benzene rings is 1. The first-order valence-electron chi connectivity index (χ1n) is 8.32. The van der Waals surface area contributed by atoms with Crippen LogP contribution in [0.4, 0.5) is 0 Å². The standard InChI is InChI=1S/C19H18N6O/c1-13-16(14(2)25(22-13)15-7-4-3-5-8-15)12-21-19(26)17-11-18-20-9-6-10-24(18)23-17/h3-11H,12H2,1-2H3,(H,21,26). The maximum Gasteiger partial charge on any atom is 0.272 e. The number of carbonyl (C=O) groups is 1. The first-order valence-corrected chi connectivity index (χ1v) is 8.32. The molecule has 0 atom stereocenters. The molecule has 3 aromatic heterocycles. The van der Waals surface area contributed by atoms with Crippen molar-refractivity contribution in [2.24, 2.45) is 0 Å². The van der Waals surface area contributed by atoms with Gasteiger partial charge in [-0.15, -0.1) is 0 Å². The second-order valence-corrected chi connectivity index (χ2v) is 6.03. The van der Waals surface area contributed by atoms with E-state index >= 15 is 0 Å². The third kappa shape index (κ3) is 2.83. The Hall–Kier alpha value is -3.48. The zero-order valence-corrected chi connectivity index (χ0v) is 14.5. The van der Waals surface area contributed by atoms with Gasteiger partial charge in [0.2, 0.25) is 0 Å². The van der Waals surface area contributed by atoms with E-state index in [2.05, 4.69) is 20.5 Å². The van der Waals surface area contributed by atoms with Crippen LogP contribution >= 0.6 is 0 Å². The average Bonchev–Trinajstić information content (AvgIpc) is 3.22. The molecule has 0 bridgehead atoms. The lowest BCUT2D eigenvalue weighted by Crippen LogP contribution is -2.23. The molecule has 0 saturated carbocycles. The Labute approximate surface area is 150 Å². The molecular formula is C19H18N6O. The van der Waals surface area contributed by atoms with Gasteiger partial charge in [-0.2, -0.15) is 10.2 Å². The van der Waals surface area contributed by atoms with Gasteiger partial charge in [-0.05, 0) is 32.0 Å². The minimum absolute atomic E-state index is 0.234. The molecule has 0 unspecified atom stereocenters. The molecule has 3 heterocycles. The van der Waals surface area contributed by atoms with Gasteiger partial charge in [0.1, 0.15) is 0 Å². The van der Waals surface area contributed by atoms with Crippen molar-refractivity contribution in [1.29, 1.82) is 0 Å². The maximum atomic E-state index is 12.4. The van der Waals surface area contributed by atoms with Gasteiger partial charge in [-0.25, -0.2) is 14.2 Å². The summed E-state index contributed by atoms with van der Waals surface area (Å²) in [6.45, 7) is 4.34. The highest BCUT2D eigenvalue weighted by atomic mass is 16.1. The van der Waals surface area contributed by atoms with Crippen LogP contribution in [-0.2, 0) is 6.54 Å². The Bertz CT molecular complexity index is 1050. The highest BCUT2D eigenvalue weighted by Crippen LogP contribution is 2.17. The van der Waals surface area contributed by atoms with Crippen LogP contribution in [0.2, 0.25) is 0 Å². The van der Waals surface area contributed by atoms with E-state index < -0.39 is 0 Å². The molecule has 0 radical (unpaired) electrons. The third-order valence-electron chi connectivity index (χ3n) is 4.34. The predicted molar refractivity (Wildman–Crippen MR) is 97.2 cm³/mol. The van der Waals surface area contributed by atoms with Crippen LogP contribution in [0.15, 0.2) is 54.9 Å². The highest BCUT2D eigenvalue weighted by molar-refractivity contribution is 5.93. The van der Waals surface area contributed by atoms with Crippen molar-refractivity contribution < 1.29 is 4.79 Å². The molecule has 0 aliphatic heterocycles. The Morgan fingerprint density at radius 1 is 1.12 bits per heavy atom. The van der Waals surface area contributed by atoms with E-state index in [1.54, 1.807) is 29.0 Å². The molecule has 4 aromatic rings. The van der Waals surface area contributed by atoms with Crippen LogP contribution in [0.5, 0.6) is 0 Å². The van der Waals surface area contributed by atoms with Crippen molar-refractivity contribution in [3.8, 4) is 5.69 Å². The van der Waals surface area contributed by atoms with E-state index in [4.69, 9.17) is 0 Å². The summed E-state index contributed by atoms with van der Waals surface area (Å²) < 4.78 is 3.48. The summed E-state index contributed by atoms with van der Waals surface area (Å²) in [7, 11) is 0. The number of fused-ring (bicyclic) bond motifs is 1. The number of aromatic nitrogens is 5. The average molecular weight is 346 g/mol.